The average molecular weight is 345 g/mol. The van der Waals surface area contributed by atoms with Gasteiger partial charge in [-0.1, -0.05) is 30.3 Å². The number of likely N-dealkylation sites (N-methyl/N-ethyl adjacent to an activating group) is 1. The zero-order chi connectivity index (χ0) is 17.5. The fourth-order valence-corrected chi connectivity index (χ4v) is 3.83. The van der Waals surface area contributed by atoms with Crippen molar-refractivity contribution in [3.63, 3.8) is 0 Å². The van der Waals surface area contributed by atoms with Gasteiger partial charge in [0.15, 0.2) is 0 Å². The number of rotatable bonds is 7. The van der Waals surface area contributed by atoms with Crippen molar-refractivity contribution in [1.29, 1.82) is 0 Å². The van der Waals surface area contributed by atoms with Gasteiger partial charge in [-0.3, -0.25) is 9.69 Å². The van der Waals surface area contributed by atoms with Crippen LogP contribution in [0.2, 0.25) is 0 Å². The summed E-state index contributed by atoms with van der Waals surface area (Å²) in [6.45, 7) is 8.39. The lowest BCUT2D eigenvalue weighted by molar-refractivity contribution is -0.125. The third-order valence-corrected chi connectivity index (χ3v) is 5.44. The van der Waals surface area contributed by atoms with E-state index in [0.29, 0.717) is 0 Å². The van der Waals surface area contributed by atoms with E-state index in [1.807, 2.05) is 6.07 Å². The van der Waals surface area contributed by atoms with Gasteiger partial charge in [0.1, 0.15) is 0 Å². The third kappa shape index (κ3) is 5.53. The molecule has 5 nitrogen and oxygen atoms in total. The molecule has 2 saturated heterocycles. The molecule has 0 radical (unpaired) electrons. The smallest absolute Gasteiger partial charge is 0.237 e. The van der Waals surface area contributed by atoms with Crippen molar-refractivity contribution in [2.45, 2.75) is 31.8 Å². The number of likely N-dealkylation sites (tertiary alicyclic amines) is 1. The quantitative estimate of drug-likeness (QED) is 0.759. The maximum Gasteiger partial charge on any atom is 0.237 e. The molecule has 2 fully saturated rings. The number of carbonyl (C=O) groups is 1. The highest BCUT2D eigenvalue weighted by Crippen LogP contribution is 2.20. The largest absolute Gasteiger partial charge is 0.355 e. The van der Waals surface area contributed by atoms with Crippen LogP contribution >= 0.6 is 0 Å². The molecule has 1 amide bonds. The summed E-state index contributed by atoms with van der Waals surface area (Å²) in [6, 6.07) is 10.5. The monoisotopic (exact) mass is 344 g/mol. The number of benzene rings is 1. The van der Waals surface area contributed by atoms with E-state index in [-0.39, 0.29) is 11.9 Å². The predicted molar refractivity (Wildman–Crippen MR) is 101 cm³/mol. The minimum atomic E-state index is 0.0452. The topological polar surface area (TPSA) is 38.8 Å². The number of hydrogen-bond acceptors (Lipinski definition) is 4. The van der Waals surface area contributed by atoms with Crippen molar-refractivity contribution in [1.82, 2.24) is 20.0 Å². The molecule has 0 saturated carbocycles. The molecule has 0 bridgehead atoms. The first kappa shape index (κ1) is 18.4. The molecule has 1 atom stereocenters. The normalized spacial score (nSPS) is 23.0. The van der Waals surface area contributed by atoms with E-state index in [4.69, 9.17) is 0 Å². The van der Waals surface area contributed by atoms with E-state index in [1.54, 1.807) is 0 Å². The van der Waals surface area contributed by atoms with Crippen LogP contribution in [0, 0.1) is 0 Å². The van der Waals surface area contributed by atoms with E-state index in [2.05, 4.69) is 51.3 Å². The zero-order valence-electron chi connectivity index (χ0n) is 15.5. The van der Waals surface area contributed by atoms with Gasteiger partial charge in [-0.25, -0.2) is 0 Å². The Bertz CT molecular complexity index is 528. The van der Waals surface area contributed by atoms with Crippen LogP contribution in [-0.4, -0.2) is 79.5 Å². The van der Waals surface area contributed by atoms with E-state index >= 15 is 0 Å². The van der Waals surface area contributed by atoms with Crippen LogP contribution in [0.15, 0.2) is 30.3 Å². The van der Waals surface area contributed by atoms with Gasteiger partial charge in [0, 0.05) is 39.3 Å². The van der Waals surface area contributed by atoms with Gasteiger partial charge in [-0.15, -0.1) is 0 Å². The summed E-state index contributed by atoms with van der Waals surface area (Å²) in [5, 5.41) is 3.17. The zero-order valence-corrected chi connectivity index (χ0v) is 15.5. The van der Waals surface area contributed by atoms with Gasteiger partial charge in [-0.05, 0) is 45.0 Å². The second-order valence-corrected chi connectivity index (χ2v) is 7.40. The second kappa shape index (κ2) is 9.32. The number of nitrogens with zero attached hydrogens (tertiary/aromatic N) is 3. The fourth-order valence-electron chi connectivity index (χ4n) is 3.83. The van der Waals surface area contributed by atoms with Gasteiger partial charge >= 0.3 is 0 Å². The minimum Gasteiger partial charge on any atom is -0.355 e. The summed E-state index contributed by atoms with van der Waals surface area (Å²) < 4.78 is 0. The number of nitrogens with one attached hydrogen (secondary N) is 1. The molecule has 1 N–H and O–H groups in total. The van der Waals surface area contributed by atoms with E-state index in [9.17, 15) is 4.79 Å². The molecule has 5 heteroatoms. The Morgan fingerprint density at radius 2 is 1.88 bits per heavy atom. The highest BCUT2D eigenvalue weighted by molar-refractivity contribution is 5.82. The first-order chi connectivity index (χ1) is 12.2. The van der Waals surface area contributed by atoms with E-state index < -0.39 is 0 Å². The number of amides is 1. The van der Waals surface area contributed by atoms with Crippen LogP contribution in [0.25, 0.3) is 0 Å². The van der Waals surface area contributed by atoms with Crippen molar-refractivity contribution < 1.29 is 4.79 Å². The van der Waals surface area contributed by atoms with Crippen LogP contribution in [0.1, 0.15) is 24.8 Å². The Balaban J connectivity index is 1.37. The third-order valence-electron chi connectivity index (χ3n) is 5.44. The Kier molecular flexibility index (Phi) is 6.84. The van der Waals surface area contributed by atoms with Crippen LogP contribution in [0.4, 0.5) is 0 Å². The maximum absolute atomic E-state index is 12.6. The molecule has 2 aliphatic heterocycles. The van der Waals surface area contributed by atoms with Crippen LogP contribution in [-0.2, 0) is 11.3 Å². The Morgan fingerprint density at radius 3 is 2.64 bits per heavy atom. The van der Waals surface area contributed by atoms with Crippen molar-refractivity contribution in [3.05, 3.63) is 35.9 Å². The van der Waals surface area contributed by atoms with Crippen molar-refractivity contribution >= 4 is 5.91 Å². The number of carbonyl (C=O) groups excluding carboxylic acids is 1. The molecule has 25 heavy (non-hydrogen) atoms. The molecule has 0 aliphatic carbocycles. The molecular formula is C20H32N4O. The highest BCUT2D eigenvalue weighted by Gasteiger charge is 2.30. The molecule has 2 heterocycles. The van der Waals surface area contributed by atoms with E-state index in [0.717, 1.165) is 71.6 Å². The van der Waals surface area contributed by atoms with Crippen molar-refractivity contribution in [2.75, 3.05) is 52.9 Å². The fraction of sp³-hybridized carbons (Fsp3) is 0.650. The number of piperazine rings is 1. The van der Waals surface area contributed by atoms with Gasteiger partial charge in [-0.2, -0.15) is 0 Å². The molecule has 0 aromatic heterocycles. The maximum atomic E-state index is 12.6. The molecule has 1 aromatic carbocycles. The first-order valence-corrected chi connectivity index (χ1v) is 9.69. The first-order valence-electron chi connectivity index (χ1n) is 9.69. The lowest BCUT2D eigenvalue weighted by Gasteiger charge is -2.32. The van der Waals surface area contributed by atoms with E-state index in [1.165, 1.54) is 5.56 Å². The standard InChI is InChI=1S/C20H32N4O/c1-22-13-15-23(16-14-22)11-6-10-21-20(25)19-9-5-12-24(19)17-18-7-3-2-4-8-18/h2-4,7-8,19H,5-6,9-17H2,1H3,(H,21,25). The molecule has 1 aromatic rings. The van der Waals surface area contributed by atoms with Gasteiger partial charge in [0.2, 0.25) is 5.91 Å². The molecule has 1 unspecified atom stereocenters. The summed E-state index contributed by atoms with van der Waals surface area (Å²) in [5.74, 6) is 0.215. The van der Waals surface area contributed by atoms with Crippen LogP contribution in [0.5, 0.6) is 0 Å². The Morgan fingerprint density at radius 1 is 1.12 bits per heavy atom. The van der Waals surface area contributed by atoms with Crippen LogP contribution < -0.4 is 5.32 Å². The summed E-state index contributed by atoms with van der Waals surface area (Å²) >= 11 is 0. The van der Waals surface area contributed by atoms with Crippen LogP contribution in [0.3, 0.4) is 0 Å². The minimum absolute atomic E-state index is 0.0452. The summed E-state index contributed by atoms with van der Waals surface area (Å²) in [6.07, 6.45) is 3.14. The summed E-state index contributed by atoms with van der Waals surface area (Å²) in [4.78, 5) is 19.8. The van der Waals surface area contributed by atoms with Gasteiger partial charge in [0.05, 0.1) is 6.04 Å². The lowest BCUT2D eigenvalue weighted by atomic mass is 10.1. The number of hydrogen-bond donors (Lipinski definition) is 1. The highest BCUT2D eigenvalue weighted by atomic mass is 16.2. The Hall–Kier alpha value is -1.43. The van der Waals surface area contributed by atoms with Crippen molar-refractivity contribution in [3.8, 4) is 0 Å². The van der Waals surface area contributed by atoms with Gasteiger partial charge in [0.25, 0.3) is 0 Å². The van der Waals surface area contributed by atoms with Gasteiger partial charge < -0.3 is 15.1 Å². The summed E-state index contributed by atoms with van der Waals surface area (Å²) in [7, 11) is 2.18. The van der Waals surface area contributed by atoms with Crippen molar-refractivity contribution in [2.24, 2.45) is 0 Å². The molecule has 0 spiro atoms. The molecular weight excluding hydrogens is 312 g/mol. The Labute approximate surface area is 152 Å². The molecule has 138 valence electrons. The predicted octanol–water partition coefficient (Wildman–Crippen LogP) is 1.40. The molecule has 2 aliphatic rings. The molecule has 3 rings (SSSR count). The SMILES string of the molecule is CN1CCN(CCCNC(=O)C2CCCN2Cc2ccccc2)CC1. The average Bonchev–Trinajstić information content (AvgIpc) is 3.09. The summed E-state index contributed by atoms with van der Waals surface area (Å²) in [5.41, 5.74) is 1.29. The second-order valence-electron chi connectivity index (χ2n) is 7.40. The lowest BCUT2D eigenvalue weighted by Crippen LogP contribution is -2.46.